The molecule has 1 saturated carbocycles. The third kappa shape index (κ3) is 2.13. The van der Waals surface area contributed by atoms with E-state index in [1.54, 1.807) is 11.3 Å². The van der Waals surface area contributed by atoms with E-state index in [0.29, 0.717) is 16.2 Å². The smallest absolute Gasteiger partial charge is 0.265 e. The van der Waals surface area contributed by atoms with Crippen molar-refractivity contribution >= 4 is 43.2 Å². The van der Waals surface area contributed by atoms with Crippen LogP contribution < -0.4 is 5.56 Å². The Morgan fingerprint density at radius 2 is 2.18 bits per heavy atom. The van der Waals surface area contributed by atoms with Crippen molar-refractivity contribution in [1.29, 1.82) is 0 Å². The Labute approximate surface area is 119 Å². The Morgan fingerprint density at radius 1 is 1.41 bits per heavy atom. The third-order valence-corrected chi connectivity index (χ3v) is 5.30. The van der Waals surface area contributed by atoms with Crippen molar-refractivity contribution in [2.75, 3.05) is 0 Å². The number of H-pyrrole nitrogens is 1. The van der Waals surface area contributed by atoms with Gasteiger partial charge in [0.15, 0.2) is 5.82 Å². The van der Waals surface area contributed by atoms with Crippen molar-refractivity contribution in [3.05, 3.63) is 36.4 Å². The lowest BCUT2D eigenvalue weighted by atomic mass is 10.3. The lowest BCUT2D eigenvalue weighted by Gasteiger charge is -2.04. The Morgan fingerprint density at radius 3 is 2.76 bits per heavy atom. The molecule has 88 valence electrons. The van der Waals surface area contributed by atoms with Crippen LogP contribution in [0.5, 0.6) is 0 Å². The molecule has 1 aliphatic rings. The van der Waals surface area contributed by atoms with Crippen LogP contribution in [0.25, 0.3) is 10.7 Å². The number of nitrogens with one attached hydrogen (secondary N) is 1. The highest BCUT2D eigenvalue weighted by Crippen LogP contribution is 2.42. The summed E-state index contributed by atoms with van der Waals surface area (Å²) < 4.78 is 1.55. The number of nitrogens with zero attached hydrogens (tertiary/aromatic N) is 1. The van der Waals surface area contributed by atoms with Crippen LogP contribution in [0.4, 0.5) is 0 Å². The van der Waals surface area contributed by atoms with Gasteiger partial charge in [-0.1, -0.05) is 0 Å². The van der Waals surface area contributed by atoms with Crippen molar-refractivity contribution in [2.45, 2.75) is 18.8 Å². The van der Waals surface area contributed by atoms with Crippen LogP contribution in [0.3, 0.4) is 0 Å². The van der Waals surface area contributed by atoms with Gasteiger partial charge < -0.3 is 4.98 Å². The van der Waals surface area contributed by atoms with Gasteiger partial charge in [-0.3, -0.25) is 4.79 Å². The van der Waals surface area contributed by atoms with E-state index in [2.05, 4.69) is 41.8 Å². The fraction of sp³-hybridized carbons (Fsp3) is 0.273. The van der Waals surface area contributed by atoms with E-state index < -0.39 is 0 Å². The molecule has 3 rings (SSSR count). The normalized spacial score (nSPS) is 15.2. The van der Waals surface area contributed by atoms with Crippen molar-refractivity contribution in [3.8, 4) is 10.7 Å². The number of aromatic nitrogens is 2. The van der Waals surface area contributed by atoms with E-state index in [0.717, 1.165) is 27.9 Å². The van der Waals surface area contributed by atoms with Crippen LogP contribution in [0.1, 0.15) is 24.5 Å². The molecule has 0 unspecified atom stereocenters. The van der Waals surface area contributed by atoms with Gasteiger partial charge in [0.25, 0.3) is 5.56 Å². The fourth-order valence-corrected chi connectivity index (χ4v) is 3.69. The summed E-state index contributed by atoms with van der Waals surface area (Å²) in [6.45, 7) is 0. The van der Waals surface area contributed by atoms with Gasteiger partial charge in [0.05, 0.1) is 10.6 Å². The molecular weight excluding hydrogens is 368 g/mol. The summed E-state index contributed by atoms with van der Waals surface area (Å²) in [7, 11) is 0. The first-order chi connectivity index (χ1) is 8.16. The number of aromatic amines is 1. The minimum atomic E-state index is -0.0998. The van der Waals surface area contributed by atoms with E-state index in [4.69, 9.17) is 0 Å². The van der Waals surface area contributed by atoms with Crippen LogP contribution >= 0.6 is 43.2 Å². The number of thiophene rings is 1. The average Bonchev–Trinajstić information content (AvgIpc) is 3.05. The molecule has 6 heteroatoms. The summed E-state index contributed by atoms with van der Waals surface area (Å²) in [4.78, 5) is 20.2. The molecule has 2 aromatic heterocycles. The van der Waals surface area contributed by atoms with Crippen molar-refractivity contribution in [2.24, 2.45) is 0 Å². The first-order valence-electron chi connectivity index (χ1n) is 5.20. The molecule has 2 heterocycles. The third-order valence-electron chi connectivity index (χ3n) is 2.68. The van der Waals surface area contributed by atoms with E-state index in [1.807, 2.05) is 11.4 Å². The summed E-state index contributed by atoms with van der Waals surface area (Å²) in [5, 5.41) is 1.97. The van der Waals surface area contributed by atoms with Crippen molar-refractivity contribution in [1.82, 2.24) is 9.97 Å². The van der Waals surface area contributed by atoms with E-state index in [1.165, 1.54) is 0 Å². The zero-order chi connectivity index (χ0) is 12.0. The molecule has 0 aliphatic heterocycles. The van der Waals surface area contributed by atoms with Crippen molar-refractivity contribution < 1.29 is 0 Å². The number of hydrogen-bond donors (Lipinski definition) is 1. The molecule has 0 saturated heterocycles. The molecule has 0 spiro atoms. The van der Waals surface area contributed by atoms with Gasteiger partial charge >= 0.3 is 0 Å². The lowest BCUT2D eigenvalue weighted by Crippen LogP contribution is -2.12. The van der Waals surface area contributed by atoms with Gasteiger partial charge in [-0.2, -0.15) is 0 Å². The predicted molar refractivity (Wildman–Crippen MR) is 75.5 cm³/mol. The number of halogens is 2. The van der Waals surface area contributed by atoms with E-state index in [9.17, 15) is 4.79 Å². The highest BCUT2D eigenvalue weighted by Gasteiger charge is 2.29. The first-order valence-corrected chi connectivity index (χ1v) is 7.66. The minimum absolute atomic E-state index is 0.0998. The number of hydrogen-bond acceptors (Lipinski definition) is 3. The predicted octanol–water partition coefficient (Wildman–Crippen LogP) is 3.90. The second kappa shape index (κ2) is 4.33. The first kappa shape index (κ1) is 11.6. The van der Waals surface area contributed by atoms with Gasteiger partial charge in [-0.05, 0) is 56.1 Å². The van der Waals surface area contributed by atoms with Crippen molar-refractivity contribution in [3.63, 3.8) is 0 Å². The molecule has 0 radical (unpaired) electrons. The molecule has 1 N–H and O–H groups in total. The van der Waals surface area contributed by atoms with Gasteiger partial charge in [0, 0.05) is 10.4 Å². The van der Waals surface area contributed by atoms with Crippen LogP contribution in [0.15, 0.2) is 25.2 Å². The SMILES string of the molecule is O=c1[nH]c(-c2sccc2Br)nc(C2CC2)c1Br. The summed E-state index contributed by atoms with van der Waals surface area (Å²) in [6.07, 6.45) is 2.25. The maximum absolute atomic E-state index is 11.8. The number of rotatable bonds is 2. The Balaban J connectivity index is 2.18. The molecule has 17 heavy (non-hydrogen) atoms. The topological polar surface area (TPSA) is 45.8 Å². The van der Waals surface area contributed by atoms with Crippen LogP contribution in [0, 0.1) is 0 Å². The molecule has 0 atom stereocenters. The van der Waals surface area contributed by atoms with Crippen LogP contribution in [0.2, 0.25) is 0 Å². The lowest BCUT2D eigenvalue weighted by molar-refractivity contribution is 0.962. The highest BCUT2D eigenvalue weighted by atomic mass is 79.9. The van der Waals surface area contributed by atoms with E-state index >= 15 is 0 Å². The summed E-state index contributed by atoms with van der Waals surface area (Å²) in [5.74, 6) is 1.10. The Hall–Kier alpha value is -0.460. The van der Waals surface area contributed by atoms with E-state index in [-0.39, 0.29) is 5.56 Å². The molecule has 0 amide bonds. The quantitative estimate of drug-likeness (QED) is 0.865. The molecule has 2 aromatic rings. The Bertz CT molecular complexity index is 631. The highest BCUT2D eigenvalue weighted by molar-refractivity contribution is 9.11. The second-order valence-electron chi connectivity index (χ2n) is 3.99. The molecule has 0 aromatic carbocycles. The monoisotopic (exact) mass is 374 g/mol. The van der Waals surface area contributed by atoms with Gasteiger partial charge in [0.2, 0.25) is 0 Å². The molecule has 1 aliphatic carbocycles. The maximum atomic E-state index is 11.8. The van der Waals surface area contributed by atoms with Gasteiger partial charge in [0.1, 0.15) is 4.47 Å². The standard InChI is InChI=1S/C11H8Br2N2OS/c12-6-3-4-17-9(6)10-14-8(5-1-2-5)7(13)11(16)15-10/h3-5H,1-2H2,(H,14,15,16). The van der Waals surface area contributed by atoms with Crippen LogP contribution in [-0.2, 0) is 0 Å². The summed E-state index contributed by atoms with van der Waals surface area (Å²) in [6, 6.07) is 1.96. The molecule has 0 bridgehead atoms. The molecular formula is C11H8Br2N2OS. The average molecular weight is 376 g/mol. The minimum Gasteiger partial charge on any atom is -0.305 e. The molecule has 1 fully saturated rings. The van der Waals surface area contributed by atoms with Gasteiger partial charge in [-0.15, -0.1) is 11.3 Å². The largest absolute Gasteiger partial charge is 0.305 e. The molecule has 3 nitrogen and oxygen atoms in total. The second-order valence-corrected chi connectivity index (χ2v) is 6.55. The Kier molecular flexibility index (Phi) is 2.96. The van der Waals surface area contributed by atoms with Gasteiger partial charge in [-0.25, -0.2) is 4.98 Å². The summed E-state index contributed by atoms with van der Waals surface area (Å²) >= 11 is 8.35. The summed E-state index contributed by atoms with van der Waals surface area (Å²) in [5.41, 5.74) is 0.793. The van der Waals surface area contributed by atoms with Crippen LogP contribution in [-0.4, -0.2) is 9.97 Å². The zero-order valence-corrected chi connectivity index (χ0v) is 12.7. The zero-order valence-electron chi connectivity index (χ0n) is 8.67. The fourth-order valence-electron chi connectivity index (χ4n) is 1.67. The maximum Gasteiger partial charge on any atom is 0.265 e.